The van der Waals surface area contributed by atoms with E-state index in [9.17, 15) is 4.79 Å². The molecule has 1 amide bonds. The average molecular weight is 277 g/mol. The number of pyridine rings is 1. The first-order chi connectivity index (χ1) is 9.76. The summed E-state index contributed by atoms with van der Waals surface area (Å²) in [6.45, 7) is 3.36. The second-order valence-electron chi connectivity index (χ2n) is 5.16. The molecule has 1 saturated carbocycles. The van der Waals surface area contributed by atoms with Gasteiger partial charge in [0.2, 0.25) is 0 Å². The number of aromatic nitrogens is 1. The Bertz CT molecular complexity index is 446. The maximum atomic E-state index is 12.5. The topological polar surface area (TPSA) is 65.5 Å². The van der Waals surface area contributed by atoms with Gasteiger partial charge in [-0.15, -0.1) is 0 Å². The van der Waals surface area contributed by atoms with E-state index >= 15 is 0 Å². The van der Waals surface area contributed by atoms with Gasteiger partial charge in [-0.05, 0) is 37.8 Å². The number of aliphatic hydroxyl groups excluding tert-OH is 1. The van der Waals surface area contributed by atoms with E-state index < -0.39 is 0 Å². The molecule has 1 aromatic rings. The van der Waals surface area contributed by atoms with Crippen LogP contribution >= 0.6 is 0 Å². The molecule has 0 spiro atoms. The number of rotatable bonds is 7. The number of anilines is 1. The van der Waals surface area contributed by atoms with Crippen LogP contribution in [0, 0.1) is 0 Å². The minimum absolute atomic E-state index is 0.00395. The molecule has 5 nitrogen and oxygen atoms in total. The number of nitrogens with zero attached hydrogens (tertiary/aromatic N) is 2. The van der Waals surface area contributed by atoms with Gasteiger partial charge in [0.1, 0.15) is 5.69 Å². The summed E-state index contributed by atoms with van der Waals surface area (Å²) >= 11 is 0. The van der Waals surface area contributed by atoms with Gasteiger partial charge in [0.05, 0.1) is 6.61 Å². The van der Waals surface area contributed by atoms with E-state index in [0.717, 1.165) is 37.9 Å². The molecule has 1 aromatic heterocycles. The SMILES string of the molecule is CCCNc1ccnc(C(=O)N(CCO)C2CCC2)c1. The van der Waals surface area contributed by atoms with Gasteiger partial charge in [0.15, 0.2) is 0 Å². The molecule has 1 aliphatic carbocycles. The Balaban J connectivity index is 2.09. The van der Waals surface area contributed by atoms with E-state index in [0.29, 0.717) is 12.2 Å². The van der Waals surface area contributed by atoms with Crippen molar-refractivity contribution < 1.29 is 9.90 Å². The maximum absolute atomic E-state index is 12.5. The number of nitrogens with one attached hydrogen (secondary N) is 1. The van der Waals surface area contributed by atoms with Crippen LogP contribution in [0.15, 0.2) is 18.3 Å². The number of carbonyl (C=O) groups is 1. The van der Waals surface area contributed by atoms with Gasteiger partial charge in [-0.25, -0.2) is 0 Å². The standard InChI is InChI=1S/C15H23N3O2/c1-2-7-16-12-6-8-17-14(11-12)15(20)18(9-10-19)13-4-3-5-13/h6,8,11,13,19H,2-5,7,9-10H2,1H3,(H,16,17). The fourth-order valence-corrected chi connectivity index (χ4v) is 2.33. The van der Waals surface area contributed by atoms with Crippen molar-refractivity contribution in [1.29, 1.82) is 0 Å². The minimum Gasteiger partial charge on any atom is -0.395 e. The van der Waals surface area contributed by atoms with Crippen LogP contribution in [0.2, 0.25) is 0 Å². The first kappa shape index (κ1) is 14.8. The van der Waals surface area contributed by atoms with Crippen LogP contribution in [-0.4, -0.2) is 46.6 Å². The van der Waals surface area contributed by atoms with Crippen molar-refractivity contribution in [2.75, 3.05) is 25.0 Å². The van der Waals surface area contributed by atoms with Gasteiger partial charge in [-0.1, -0.05) is 6.92 Å². The summed E-state index contributed by atoms with van der Waals surface area (Å²) in [6.07, 6.45) is 5.90. The van der Waals surface area contributed by atoms with Crippen molar-refractivity contribution in [3.8, 4) is 0 Å². The quantitative estimate of drug-likeness (QED) is 0.799. The Morgan fingerprint density at radius 3 is 2.95 bits per heavy atom. The zero-order chi connectivity index (χ0) is 14.4. The molecule has 20 heavy (non-hydrogen) atoms. The van der Waals surface area contributed by atoms with Crippen molar-refractivity contribution in [2.24, 2.45) is 0 Å². The second-order valence-corrected chi connectivity index (χ2v) is 5.16. The Labute approximate surface area is 120 Å². The fourth-order valence-electron chi connectivity index (χ4n) is 2.33. The highest BCUT2D eigenvalue weighted by atomic mass is 16.3. The van der Waals surface area contributed by atoms with E-state index in [4.69, 9.17) is 5.11 Å². The van der Waals surface area contributed by atoms with E-state index in [-0.39, 0.29) is 18.6 Å². The molecule has 1 heterocycles. The van der Waals surface area contributed by atoms with Gasteiger partial charge in [-0.3, -0.25) is 9.78 Å². The number of hydrogen-bond acceptors (Lipinski definition) is 4. The third-order valence-electron chi connectivity index (χ3n) is 3.68. The molecule has 0 radical (unpaired) electrons. The van der Waals surface area contributed by atoms with Gasteiger partial charge in [-0.2, -0.15) is 0 Å². The summed E-state index contributed by atoms with van der Waals surface area (Å²) in [6, 6.07) is 3.93. The molecule has 1 fully saturated rings. The molecule has 5 heteroatoms. The third-order valence-corrected chi connectivity index (χ3v) is 3.68. The Morgan fingerprint density at radius 1 is 1.55 bits per heavy atom. The van der Waals surface area contributed by atoms with Crippen molar-refractivity contribution in [1.82, 2.24) is 9.88 Å². The molecule has 2 rings (SSSR count). The fraction of sp³-hybridized carbons (Fsp3) is 0.600. The van der Waals surface area contributed by atoms with Gasteiger partial charge < -0.3 is 15.3 Å². The van der Waals surface area contributed by atoms with Gasteiger partial charge >= 0.3 is 0 Å². The lowest BCUT2D eigenvalue weighted by Gasteiger charge is -2.37. The Kier molecular flexibility index (Phi) is 5.35. The highest BCUT2D eigenvalue weighted by Gasteiger charge is 2.29. The Morgan fingerprint density at radius 2 is 2.35 bits per heavy atom. The molecule has 1 aliphatic rings. The van der Waals surface area contributed by atoms with Crippen LogP contribution in [-0.2, 0) is 0 Å². The summed E-state index contributed by atoms with van der Waals surface area (Å²) in [4.78, 5) is 18.5. The zero-order valence-corrected chi connectivity index (χ0v) is 12.0. The monoisotopic (exact) mass is 277 g/mol. The van der Waals surface area contributed by atoms with E-state index in [1.807, 2.05) is 6.07 Å². The van der Waals surface area contributed by atoms with E-state index in [1.54, 1.807) is 17.2 Å². The molecular weight excluding hydrogens is 254 g/mol. The van der Waals surface area contributed by atoms with Gasteiger partial charge in [0.25, 0.3) is 5.91 Å². The molecule has 0 aromatic carbocycles. The zero-order valence-electron chi connectivity index (χ0n) is 12.0. The summed E-state index contributed by atoms with van der Waals surface area (Å²) in [5.41, 5.74) is 1.37. The van der Waals surface area contributed by atoms with Crippen molar-refractivity contribution in [3.63, 3.8) is 0 Å². The van der Waals surface area contributed by atoms with Gasteiger partial charge in [0, 0.05) is 31.0 Å². The second kappa shape index (κ2) is 7.24. The molecule has 2 N–H and O–H groups in total. The average Bonchev–Trinajstić information content (AvgIpc) is 2.42. The van der Waals surface area contributed by atoms with Crippen LogP contribution in [0.1, 0.15) is 43.1 Å². The van der Waals surface area contributed by atoms with Crippen molar-refractivity contribution in [3.05, 3.63) is 24.0 Å². The van der Waals surface area contributed by atoms with Crippen LogP contribution in [0.5, 0.6) is 0 Å². The summed E-state index contributed by atoms with van der Waals surface area (Å²) in [5, 5.41) is 12.4. The highest BCUT2D eigenvalue weighted by molar-refractivity contribution is 5.93. The van der Waals surface area contributed by atoms with Crippen LogP contribution in [0.4, 0.5) is 5.69 Å². The molecular formula is C15H23N3O2. The summed E-state index contributed by atoms with van der Waals surface area (Å²) < 4.78 is 0. The smallest absolute Gasteiger partial charge is 0.272 e. The van der Waals surface area contributed by atoms with Crippen molar-refractivity contribution >= 4 is 11.6 Å². The first-order valence-electron chi connectivity index (χ1n) is 7.38. The number of hydrogen-bond donors (Lipinski definition) is 2. The molecule has 0 bridgehead atoms. The number of carbonyl (C=O) groups excluding carboxylic acids is 1. The minimum atomic E-state index is -0.0797. The third kappa shape index (κ3) is 3.48. The molecule has 0 aliphatic heterocycles. The largest absolute Gasteiger partial charge is 0.395 e. The lowest BCUT2D eigenvalue weighted by molar-refractivity contribution is 0.0520. The maximum Gasteiger partial charge on any atom is 0.272 e. The highest BCUT2D eigenvalue weighted by Crippen LogP contribution is 2.26. The van der Waals surface area contributed by atoms with Crippen LogP contribution in [0.25, 0.3) is 0 Å². The molecule has 0 unspecified atom stereocenters. The predicted octanol–water partition coefficient (Wildman–Crippen LogP) is 1.89. The lowest BCUT2D eigenvalue weighted by atomic mass is 9.91. The molecule has 0 saturated heterocycles. The van der Waals surface area contributed by atoms with E-state index in [2.05, 4.69) is 17.2 Å². The predicted molar refractivity (Wildman–Crippen MR) is 78.8 cm³/mol. The Hall–Kier alpha value is -1.62. The first-order valence-corrected chi connectivity index (χ1v) is 7.38. The van der Waals surface area contributed by atoms with Crippen molar-refractivity contribution in [2.45, 2.75) is 38.6 Å². The number of amides is 1. The lowest BCUT2D eigenvalue weighted by Crippen LogP contribution is -2.45. The van der Waals surface area contributed by atoms with Crippen LogP contribution in [0.3, 0.4) is 0 Å². The van der Waals surface area contributed by atoms with E-state index in [1.165, 1.54) is 0 Å². The van der Waals surface area contributed by atoms with Crippen LogP contribution < -0.4 is 5.32 Å². The summed E-state index contributed by atoms with van der Waals surface area (Å²) in [5.74, 6) is -0.0797. The molecule has 110 valence electrons. The molecule has 0 atom stereocenters. The number of aliphatic hydroxyl groups is 1. The normalized spacial score (nSPS) is 14.7. The summed E-state index contributed by atoms with van der Waals surface area (Å²) in [7, 11) is 0.